The van der Waals surface area contributed by atoms with Gasteiger partial charge in [0.1, 0.15) is 0 Å². The normalized spacial score (nSPS) is 24.1. The molecule has 0 bridgehead atoms. The molecule has 0 aromatic carbocycles. The van der Waals surface area contributed by atoms with Gasteiger partial charge in [-0.15, -0.1) is 11.3 Å². The highest BCUT2D eigenvalue weighted by Gasteiger charge is 2.26. The van der Waals surface area contributed by atoms with Crippen LogP contribution in [0.15, 0.2) is 6.07 Å². The summed E-state index contributed by atoms with van der Waals surface area (Å²) in [6.07, 6.45) is 3.69. The van der Waals surface area contributed by atoms with Crippen molar-refractivity contribution in [3.63, 3.8) is 0 Å². The maximum absolute atomic E-state index is 6.11. The SMILES string of the molecule is Clc1cc(C(Br)C2CCCCO2)c(Cl)s1. The van der Waals surface area contributed by atoms with Crippen LogP contribution in [0.2, 0.25) is 8.67 Å². The molecule has 1 aliphatic rings. The van der Waals surface area contributed by atoms with Gasteiger partial charge in [-0.3, -0.25) is 0 Å². The lowest BCUT2D eigenvalue weighted by Crippen LogP contribution is -2.23. The second-order valence-electron chi connectivity index (χ2n) is 3.59. The fourth-order valence-corrected chi connectivity index (χ4v) is 4.35. The molecule has 2 heterocycles. The van der Waals surface area contributed by atoms with Crippen LogP contribution in [0.5, 0.6) is 0 Å². The summed E-state index contributed by atoms with van der Waals surface area (Å²) < 4.78 is 7.21. The highest BCUT2D eigenvalue weighted by atomic mass is 79.9. The summed E-state index contributed by atoms with van der Waals surface area (Å²) >= 11 is 17.1. The molecule has 0 aliphatic carbocycles. The first-order valence-corrected chi connectivity index (χ1v) is 7.37. The fourth-order valence-electron chi connectivity index (χ4n) is 1.74. The number of hydrogen-bond donors (Lipinski definition) is 0. The first-order valence-electron chi connectivity index (χ1n) is 4.89. The van der Waals surface area contributed by atoms with E-state index in [-0.39, 0.29) is 10.9 Å². The molecule has 1 aromatic rings. The molecule has 1 saturated heterocycles. The van der Waals surface area contributed by atoms with Crippen LogP contribution in [0.1, 0.15) is 29.7 Å². The van der Waals surface area contributed by atoms with Crippen LogP contribution in [0.4, 0.5) is 0 Å². The molecule has 0 amide bonds. The van der Waals surface area contributed by atoms with Crippen molar-refractivity contribution in [3.8, 4) is 0 Å². The minimum Gasteiger partial charge on any atom is -0.377 e. The lowest BCUT2D eigenvalue weighted by molar-refractivity contribution is 0.0161. The zero-order valence-corrected chi connectivity index (χ0v) is 11.9. The molecule has 0 radical (unpaired) electrons. The molecule has 5 heteroatoms. The van der Waals surface area contributed by atoms with Gasteiger partial charge in [-0.25, -0.2) is 0 Å². The largest absolute Gasteiger partial charge is 0.377 e. The third-order valence-corrected chi connectivity index (χ3v) is 5.12. The monoisotopic (exact) mass is 328 g/mol. The molecule has 2 atom stereocenters. The second kappa shape index (κ2) is 5.37. The van der Waals surface area contributed by atoms with Crippen molar-refractivity contribution >= 4 is 50.5 Å². The average molecular weight is 330 g/mol. The summed E-state index contributed by atoms with van der Waals surface area (Å²) in [5, 5.41) is 0. The minimum atomic E-state index is 0.161. The van der Waals surface area contributed by atoms with Crippen LogP contribution in [0, 0.1) is 0 Å². The first kappa shape index (κ1) is 12.2. The Morgan fingerprint density at radius 3 is 2.80 bits per heavy atom. The Bertz CT molecular complexity index is 336. The maximum Gasteiger partial charge on any atom is 0.0988 e. The second-order valence-corrected chi connectivity index (χ2v) is 6.86. The van der Waals surface area contributed by atoms with Crippen LogP contribution in [0.25, 0.3) is 0 Å². The number of thiophene rings is 1. The van der Waals surface area contributed by atoms with E-state index in [1.54, 1.807) is 0 Å². The van der Waals surface area contributed by atoms with Crippen LogP contribution in [-0.4, -0.2) is 12.7 Å². The lowest BCUT2D eigenvalue weighted by Gasteiger charge is -2.26. The molecule has 1 aromatic heterocycles. The zero-order chi connectivity index (χ0) is 10.8. The summed E-state index contributed by atoms with van der Waals surface area (Å²) in [5.41, 5.74) is 1.05. The van der Waals surface area contributed by atoms with E-state index in [9.17, 15) is 0 Å². The van der Waals surface area contributed by atoms with Crippen molar-refractivity contribution in [1.29, 1.82) is 0 Å². The molecular weight excluding hydrogens is 319 g/mol. The molecular formula is C10H11BrCl2OS. The summed E-state index contributed by atoms with van der Waals surface area (Å²) in [6, 6.07) is 1.92. The van der Waals surface area contributed by atoms with Gasteiger partial charge in [0.25, 0.3) is 0 Å². The van der Waals surface area contributed by atoms with Crippen molar-refractivity contribution in [2.24, 2.45) is 0 Å². The van der Waals surface area contributed by atoms with Crippen LogP contribution < -0.4 is 0 Å². The molecule has 15 heavy (non-hydrogen) atoms. The predicted molar refractivity (Wildman–Crippen MR) is 69.6 cm³/mol. The van der Waals surface area contributed by atoms with E-state index in [1.165, 1.54) is 17.8 Å². The van der Waals surface area contributed by atoms with E-state index in [2.05, 4.69) is 15.9 Å². The molecule has 2 rings (SSSR count). The summed E-state index contributed by atoms with van der Waals surface area (Å²) in [4.78, 5) is 0.161. The van der Waals surface area contributed by atoms with Gasteiger partial charge in [0.15, 0.2) is 0 Å². The van der Waals surface area contributed by atoms with E-state index in [1.807, 2.05) is 6.07 Å². The maximum atomic E-state index is 6.11. The summed E-state index contributed by atoms with van der Waals surface area (Å²) in [6.45, 7) is 0.849. The van der Waals surface area contributed by atoms with E-state index >= 15 is 0 Å². The van der Waals surface area contributed by atoms with Gasteiger partial charge in [-0.05, 0) is 30.9 Å². The Balaban J connectivity index is 2.12. The van der Waals surface area contributed by atoms with Crippen molar-refractivity contribution in [2.45, 2.75) is 30.2 Å². The van der Waals surface area contributed by atoms with Crippen molar-refractivity contribution in [1.82, 2.24) is 0 Å². The Kier molecular flexibility index (Phi) is 4.36. The topological polar surface area (TPSA) is 9.23 Å². The molecule has 0 N–H and O–H groups in total. The molecule has 84 valence electrons. The highest BCUT2D eigenvalue weighted by Crippen LogP contribution is 2.42. The highest BCUT2D eigenvalue weighted by molar-refractivity contribution is 9.09. The molecule has 2 unspecified atom stereocenters. The number of rotatable bonds is 2. The average Bonchev–Trinajstić information content (AvgIpc) is 2.58. The van der Waals surface area contributed by atoms with Crippen molar-refractivity contribution < 1.29 is 4.74 Å². The van der Waals surface area contributed by atoms with E-state index in [0.29, 0.717) is 0 Å². The van der Waals surface area contributed by atoms with E-state index in [0.717, 1.165) is 33.7 Å². The van der Waals surface area contributed by atoms with Crippen molar-refractivity contribution in [3.05, 3.63) is 20.3 Å². The standard InChI is InChI=1S/C10H11BrCl2OS/c11-9(7-3-1-2-4-14-7)6-5-8(12)15-10(6)13/h5,7,9H,1-4H2. The Hall–Kier alpha value is 0.720. The van der Waals surface area contributed by atoms with Crippen LogP contribution in [-0.2, 0) is 4.74 Å². The van der Waals surface area contributed by atoms with Gasteiger partial charge in [0.2, 0.25) is 0 Å². The summed E-state index contributed by atoms with van der Waals surface area (Å²) in [7, 11) is 0. The predicted octanol–water partition coefficient (Wildman–Crippen LogP) is 5.06. The molecule has 1 nitrogen and oxygen atoms in total. The number of alkyl halides is 1. The fraction of sp³-hybridized carbons (Fsp3) is 0.600. The minimum absolute atomic E-state index is 0.161. The number of halogens is 3. The van der Waals surface area contributed by atoms with Gasteiger partial charge in [0.05, 0.1) is 19.6 Å². The third-order valence-electron chi connectivity index (χ3n) is 2.52. The van der Waals surface area contributed by atoms with E-state index in [4.69, 9.17) is 27.9 Å². The van der Waals surface area contributed by atoms with Gasteiger partial charge < -0.3 is 4.74 Å². The quantitative estimate of drug-likeness (QED) is 0.689. The molecule has 0 spiro atoms. The van der Waals surface area contributed by atoms with Gasteiger partial charge in [-0.2, -0.15) is 0 Å². The van der Waals surface area contributed by atoms with E-state index < -0.39 is 0 Å². The molecule has 0 saturated carbocycles. The number of hydrogen-bond acceptors (Lipinski definition) is 2. The van der Waals surface area contributed by atoms with Gasteiger partial charge in [0, 0.05) is 6.61 Å². The molecule has 1 aliphatic heterocycles. The van der Waals surface area contributed by atoms with Crippen LogP contribution >= 0.6 is 50.5 Å². The zero-order valence-electron chi connectivity index (χ0n) is 8.01. The summed E-state index contributed by atoms with van der Waals surface area (Å²) in [5.74, 6) is 0. The Labute approximate surface area is 112 Å². The van der Waals surface area contributed by atoms with Crippen molar-refractivity contribution in [2.75, 3.05) is 6.61 Å². The van der Waals surface area contributed by atoms with Crippen LogP contribution in [0.3, 0.4) is 0 Å². The smallest absolute Gasteiger partial charge is 0.0988 e. The molecule has 1 fully saturated rings. The lowest BCUT2D eigenvalue weighted by atomic mass is 10.0. The first-order chi connectivity index (χ1) is 7.18. The number of ether oxygens (including phenoxy) is 1. The third kappa shape index (κ3) is 2.89. The van der Waals surface area contributed by atoms with Gasteiger partial charge in [-0.1, -0.05) is 39.1 Å². The van der Waals surface area contributed by atoms with Gasteiger partial charge >= 0.3 is 0 Å². The Morgan fingerprint density at radius 2 is 2.27 bits per heavy atom. The Morgan fingerprint density at radius 1 is 1.47 bits per heavy atom.